The maximum Gasteiger partial charge on any atom is 0.0242 e. The van der Waals surface area contributed by atoms with Gasteiger partial charge >= 0.3 is 0 Å². The summed E-state index contributed by atoms with van der Waals surface area (Å²) < 4.78 is 0. The van der Waals surface area contributed by atoms with Crippen LogP contribution in [0.1, 0.15) is 36.8 Å². The SMILES string of the molecule is C#CCCCC(NN)C1CCc2ccccc2C1. The third-order valence-corrected chi connectivity index (χ3v) is 4.00. The van der Waals surface area contributed by atoms with E-state index in [0.29, 0.717) is 12.0 Å². The van der Waals surface area contributed by atoms with E-state index in [0.717, 1.165) is 25.7 Å². The first kappa shape index (κ1) is 13.1. The monoisotopic (exact) mass is 242 g/mol. The summed E-state index contributed by atoms with van der Waals surface area (Å²) in [4.78, 5) is 0. The fourth-order valence-corrected chi connectivity index (χ4v) is 2.95. The maximum absolute atomic E-state index is 5.70. The normalized spacial score (nSPS) is 19.9. The molecule has 0 aliphatic heterocycles. The predicted octanol–water partition coefficient (Wildman–Crippen LogP) is 2.43. The average molecular weight is 242 g/mol. The van der Waals surface area contributed by atoms with Crippen molar-refractivity contribution < 1.29 is 0 Å². The number of terminal acetylenes is 1. The van der Waals surface area contributed by atoms with Crippen LogP contribution in [0.4, 0.5) is 0 Å². The first-order valence-electron chi connectivity index (χ1n) is 6.81. The van der Waals surface area contributed by atoms with Crippen LogP contribution in [0.15, 0.2) is 24.3 Å². The van der Waals surface area contributed by atoms with Crippen LogP contribution < -0.4 is 11.3 Å². The molecule has 1 aromatic rings. The molecule has 0 saturated heterocycles. The second-order valence-corrected chi connectivity index (χ2v) is 5.14. The molecule has 18 heavy (non-hydrogen) atoms. The van der Waals surface area contributed by atoms with Gasteiger partial charge in [0, 0.05) is 12.5 Å². The summed E-state index contributed by atoms with van der Waals surface area (Å²) in [7, 11) is 0. The Hall–Kier alpha value is -1.30. The number of hydrazine groups is 1. The largest absolute Gasteiger partial charge is 0.271 e. The molecule has 2 heteroatoms. The van der Waals surface area contributed by atoms with Crippen LogP contribution in [0.3, 0.4) is 0 Å². The van der Waals surface area contributed by atoms with Gasteiger partial charge in [0.15, 0.2) is 0 Å². The molecule has 1 aliphatic rings. The van der Waals surface area contributed by atoms with Crippen molar-refractivity contribution in [1.82, 2.24) is 5.43 Å². The zero-order chi connectivity index (χ0) is 12.8. The van der Waals surface area contributed by atoms with Gasteiger partial charge in [-0.05, 0) is 49.1 Å². The van der Waals surface area contributed by atoms with Gasteiger partial charge in [0.05, 0.1) is 0 Å². The summed E-state index contributed by atoms with van der Waals surface area (Å²) in [5.41, 5.74) is 5.99. The molecule has 96 valence electrons. The van der Waals surface area contributed by atoms with E-state index in [2.05, 4.69) is 35.6 Å². The summed E-state index contributed by atoms with van der Waals surface area (Å²) in [6.45, 7) is 0. The number of fused-ring (bicyclic) bond motifs is 1. The number of rotatable bonds is 5. The van der Waals surface area contributed by atoms with E-state index in [-0.39, 0.29) is 0 Å². The number of hydrogen-bond donors (Lipinski definition) is 2. The molecule has 2 rings (SSSR count). The third kappa shape index (κ3) is 3.13. The Kier molecular flexibility index (Phi) is 4.81. The Labute approximate surface area is 110 Å². The Morgan fingerprint density at radius 3 is 2.89 bits per heavy atom. The average Bonchev–Trinajstić information content (AvgIpc) is 2.43. The zero-order valence-electron chi connectivity index (χ0n) is 10.9. The molecule has 2 nitrogen and oxygen atoms in total. The summed E-state index contributed by atoms with van der Waals surface area (Å²) in [5, 5.41) is 0. The van der Waals surface area contributed by atoms with E-state index >= 15 is 0 Å². The van der Waals surface area contributed by atoms with Crippen molar-refractivity contribution in [2.75, 3.05) is 0 Å². The summed E-state index contributed by atoms with van der Waals surface area (Å²) in [6, 6.07) is 9.15. The zero-order valence-corrected chi connectivity index (χ0v) is 10.9. The van der Waals surface area contributed by atoms with Gasteiger partial charge in [-0.1, -0.05) is 24.3 Å². The lowest BCUT2D eigenvalue weighted by Gasteiger charge is -2.31. The van der Waals surface area contributed by atoms with Crippen molar-refractivity contribution in [2.45, 2.75) is 44.6 Å². The Morgan fingerprint density at radius 2 is 2.17 bits per heavy atom. The molecule has 1 aliphatic carbocycles. The lowest BCUT2D eigenvalue weighted by atomic mass is 9.79. The van der Waals surface area contributed by atoms with E-state index in [9.17, 15) is 0 Å². The van der Waals surface area contributed by atoms with Crippen LogP contribution in [0.5, 0.6) is 0 Å². The minimum atomic E-state index is 0.395. The van der Waals surface area contributed by atoms with Crippen LogP contribution in [0, 0.1) is 18.3 Å². The number of unbranched alkanes of at least 4 members (excludes halogenated alkanes) is 1. The summed E-state index contributed by atoms with van der Waals surface area (Å²) >= 11 is 0. The molecule has 2 unspecified atom stereocenters. The second kappa shape index (κ2) is 6.58. The van der Waals surface area contributed by atoms with Crippen LogP contribution in [0.25, 0.3) is 0 Å². The van der Waals surface area contributed by atoms with Gasteiger partial charge in [0.2, 0.25) is 0 Å². The smallest absolute Gasteiger partial charge is 0.0242 e. The molecule has 0 bridgehead atoms. The van der Waals surface area contributed by atoms with Crippen molar-refractivity contribution in [1.29, 1.82) is 0 Å². The van der Waals surface area contributed by atoms with Crippen LogP contribution >= 0.6 is 0 Å². The second-order valence-electron chi connectivity index (χ2n) is 5.14. The first-order chi connectivity index (χ1) is 8.85. The number of aryl methyl sites for hydroxylation is 1. The van der Waals surface area contributed by atoms with E-state index in [1.54, 1.807) is 0 Å². The molecule has 0 spiro atoms. The fraction of sp³-hybridized carbons (Fsp3) is 0.500. The summed E-state index contributed by atoms with van der Waals surface area (Å²) in [5.74, 6) is 9.04. The van der Waals surface area contributed by atoms with Gasteiger partial charge in [-0.2, -0.15) is 0 Å². The number of nitrogens with one attached hydrogen (secondary N) is 1. The molecule has 0 aromatic heterocycles. The van der Waals surface area contributed by atoms with Crippen LogP contribution in [-0.2, 0) is 12.8 Å². The standard InChI is InChI=1S/C16H22N2/c1-2-3-4-9-16(18-17)15-11-10-13-7-5-6-8-14(13)12-15/h1,5-8,15-16,18H,3-4,9-12,17H2. The quantitative estimate of drug-likeness (QED) is 0.360. The highest BCUT2D eigenvalue weighted by atomic mass is 15.2. The molecular formula is C16H22N2. The van der Waals surface area contributed by atoms with Crippen molar-refractivity contribution in [3.63, 3.8) is 0 Å². The van der Waals surface area contributed by atoms with Crippen molar-refractivity contribution in [3.05, 3.63) is 35.4 Å². The molecule has 0 saturated carbocycles. The van der Waals surface area contributed by atoms with E-state index < -0.39 is 0 Å². The number of benzene rings is 1. The first-order valence-corrected chi connectivity index (χ1v) is 6.81. The molecule has 0 fully saturated rings. The van der Waals surface area contributed by atoms with Gasteiger partial charge in [0.25, 0.3) is 0 Å². The minimum Gasteiger partial charge on any atom is -0.271 e. The third-order valence-electron chi connectivity index (χ3n) is 4.00. The lowest BCUT2D eigenvalue weighted by Crippen LogP contribution is -2.42. The van der Waals surface area contributed by atoms with Crippen molar-refractivity contribution in [3.8, 4) is 12.3 Å². The number of hydrogen-bond acceptors (Lipinski definition) is 2. The molecule has 3 N–H and O–H groups in total. The minimum absolute atomic E-state index is 0.395. The fourth-order valence-electron chi connectivity index (χ4n) is 2.95. The van der Waals surface area contributed by atoms with Gasteiger partial charge < -0.3 is 0 Å². The maximum atomic E-state index is 5.70. The molecule has 0 amide bonds. The highest BCUT2D eigenvalue weighted by Gasteiger charge is 2.24. The highest BCUT2D eigenvalue weighted by molar-refractivity contribution is 5.29. The van der Waals surface area contributed by atoms with Crippen molar-refractivity contribution in [2.24, 2.45) is 11.8 Å². The molecule has 0 heterocycles. The number of nitrogens with two attached hydrogens (primary N) is 1. The van der Waals surface area contributed by atoms with Gasteiger partial charge in [0.1, 0.15) is 0 Å². The molecular weight excluding hydrogens is 220 g/mol. The van der Waals surface area contributed by atoms with E-state index in [1.807, 2.05) is 0 Å². The van der Waals surface area contributed by atoms with Gasteiger partial charge in [-0.25, -0.2) is 0 Å². The lowest BCUT2D eigenvalue weighted by molar-refractivity contribution is 0.304. The predicted molar refractivity (Wildman–Crippen MR) is 75.8 cm³/mol. The Balaban J connectivity index is 1.96. The molecule has 2 atom stereocenters. The van der Waals surface area contributed by atoms with Crippen molar-refractivity contribution >= 4 is 0 Å². The highest BCUT2D eigenvalue weighted by Crippen LogP contribution is 2.28. The Morgan fingerprint density at radius 1 is 1.39 bits per heavy atom. The molecule has 1 aromatic carbocycles. The van der Waals surface area contributed by atoms with Gasteiger partial charge in [-0.3, -0.25) is 11.3 Å². The summed E-state index contributed by atoms with van der Waals surface area (Å²) in [6.07, 6.45) is 11.8. The van der Waals surface area contributed by atoms with Gasteiger partial charge in [-0.15, -0.1) is 12.3 Å². The van der Waals surface area contributed by atoms with E-state index in [1.165, 1.54) is 24.0 Å². The van der Waals surface area contributed by atoms with Crippen LogP contribution in [-0.4, -0.2) is 6.04 Å². The van der Waals surface area contributed by atoms with E-state index in [4.69, 9.17) is 12.3 Å². The molecule has 0 radical (unpaired) electrons. The topological polar surface area (TPSA) is 38.0 Å². The van der Waals surface area contributed by atoms with Crippen LogP contribution in [0.2, 0.25) is 0 Å². The Bertz CT molecular complexity index is 419.